The zero-order chi connectivity index (χ0) is 21.3. The van der Waals surface area contributed by atoms with Gasteiger partial charge in [-0.15, -0.1) is 0 Å². The Bertz CT molecular complexity index is 1260. The molecular weight excluding hydrogens is 372 g/mol. The number of benzene rings is 2. The summed E-state index contributed by atoms with van der Waals surface area (Å²) in [7, 11) is 0. The van der Waals surface area contributed by atoms with E-state index in [0.29, 0.717) is 5.56 Å². The van der Waals surface area contributed by atoms with Crippen LogP contribution >= 0.6 is 0 Å². The van der Waals surface area contributed by atoms with E-state index >= 15 is 0 Å². The van der Waals surface area contributed by atoms with Gasteiger partial charge in [0.2, 0.25) is 0 Å². The van der Waals surface area contributed by atoms with Crippen LogP contribution in [0.25, 0.3) is 27.9 Å². The summed E-state index contributed by atoms with van der Waals surface area (Å²) in [6, 6.07) is 18.3. The lowest BCUT2D eigenvalue weighted by Gasteiger charge is -2.17. The molecule has 0 radical (unpaired) electrons. The molecule has 0 amide bonds. The van der Waals surface area contributed by atoms with Gasteiger partial charge in [-0.25, -0.2) is 4.68 Å². The van der Waals surface area contributed by atoms with E-state index in [0.717, 1.165) is 33.5 Å². The van der Waals surface area contributed by atoms with Crippen LogP contribution in [0.15, 0.2) is 73.3 Å². The Morgan fingerprint density at radius 3 is 2.57 bits per heavy atom. The minimum atomic E-state index is -0.549. The van der Waals surface area contributed by atoms with Gasteiger partial charge in [0.1, 0.15) is 5.75 Å². The number of hydrogen-bond donors (Lipinski definition) is 1. The molecule has 0 saturated carbocycles. The molecule has 2 heterocycles. The quantitative estimate of drug-likeness (QED) is 0.502. The second-order valence-electron chi connectivity index (χ2n) is 7.89. The van der Waals surface area contributed by atoms with E-state index in [1.807, 2.05) is 49.8 Å². The number of pyridine rings is 1. The van der Waals surface area contributed by atoms with Gasteiger partial charge in [0.05, 0.1) is 23.4 Å². The summed E-state index contributed by atoms with van der Waals surface area (Å²) in [5, 5.41) is 24.1. The highest BCUT2D eigenvalue weighted by atomic mass is 16.3. The lowest BCUT2D eigenvalue weighted by Crippen LogP contribution is -2.13. The van der Waals surface area contributed by atoms with Gasteiger partial charge in [-0.05, 0) is 61.2 Å². The standard InChI is InChI=1S/C25H22N4O/c1-17-7-8-19(18-5-4-6-21(11-18)25(2,3)16-26)12-23(17)29-15-20(13-28-29)22-14-27-10-9-24(22)30/h4-15H,1-3H3,(H,27,30). The van der Waals surface area contributed by atoms with Gasteiger partial charge >= 0.3 is 0 Å². The predicted molar refractivity (Wildman–Crippen MR) is 117 cm³/mol. The van der Waals surface area contributed by atoms with Gasteiger partial charge < -0.3 is 5.11 Å². The number of rotatable bonds is 4. The first-order valence-corrected chi connectivity index (χ1v) is 9.70. The SMILES string of the molecule is Cc1ccc(-c2cccc(C(C)(C)C#N)c2)cc1-n1cc(-c2cnccc2O)cn1. The van der Waals surface area contributed by atoms with Gasteiger partial charge in [0.15, 0.2) is 0 Å². The molecule has 0 unspecified atom stereocenters. The van der Waals surface area contributed by atoms with Crippen molar-refractivity contribution in [2.75, 3.05) is 0 Å². The second kappa shape index (κ2) is 7.49. The molecular formula is C25H22N4O. The fourth-order valence-corrected chi connectivity index (χ4v) is 3.39. The van der Waals surface area contributed by atoms with Gasteiger partial charge in [0, 0.05) is 29.7 Å². The van der Waals surface area contributed by atoms with Crippen LogP contribution in [0.1, 0.15) is 25.0 Å². The highest BCUT2D eigenvalue weighted by Gasteiger charge is 2.20. The normalized spacial score (nSPS) is 11.3. The van der Waals surface area contributed by atoms with Crippen molar-refractivity contribution in [3.63, 3.8) is 0 Å². The first-order valence-electron chi connectivity index (χ1n) is 9.70. The Morgan fingerprint density at radius 2 is 1.80 bits per heavy atom. The maximum atomic E-state index is 10.1. The Balaban J connectivity index is 1.75. The summed E-state index contributed by atoms with van der Waals surface area (Å²) in [6.07, 6.45) is 6.79. The molecule has 30 heavy (non-hydrogen) atoms. The molecule has 2 aromatic heterocycles. The maximum Gasteiger partial charge on any atom is 0.126 e. The Labute approximate surface area is 175 Å². The molecule has 0 spiro atoms. The highest BCUT2D eigenvalue weighted by Crippen LogP contribution is 2.31. The van der Waals surface area contributed by atoms with E-state index in [1.165, 1.54) is 0 Å². The van der Waals surface area contributed by atoms with Crippen LogP contribution in [-0.4, -0.2) is 19.9 Å². The van der Waals surface area contributed by atoms with Crippen molar-refractivity contribution < 1.29 is 5.11 Å². The highest BCUT2D eigenvalue weighted by molar-refractivity contribution is 5.70. The largest absolute Gasteiger partial charge is 0.507 e. The third kappa shape index (κ3) is 3.56. The summed E-state index contributed by atoms with van der Waals surface area (Å²) in [6.45, 7) is 5.88. The molecule has 5 nitrogen and oxygen atoms in total. The zero-order valence-electron chi connectivity index (χ0n) is 17.2. The molecule has 0 fully saturated rings. The molecule has 1 N–H and O–H groups in total. The smallest absolute Gasteiger partial charge is 0.126 e. The van der Waals surface area contributed by atoms with E-state index < -0.39 is 5.41 Å². The molecule has 148 valence electrons. The molecule has 0 atom stereocenters. The fourth-order valence-electron chi connectivity index (χ4n) is 3.39. The average Bonchev–Trinajstić information content (AvgIpc) is 3.24. The molecule has 0 aliphatic carbocycles. The van der Waals surface area contributed by atoms with Gasteiger partial charge in [0.25, 0.3) is 0 Å². The lowest BCUT2D eigenvalue weighted by molar-refractivity contribution is 0.476. The van der Waals surface area contributed by atoms with Crippen molar-refractivity contribution in [2.24, 2.45) is 0 Å². The van der Waals surface area contributed by atoms with Crippen LogP contribution in [0.5, 0.6) is 5.75 Å². The van der Waals surface area contributed by atoms with Crippen LogP contribution in [0, 0.1) is 18.3 Å². The van der Waals surface area contributed by atoms with Crippen molar-refractivity contribution in [3.05, 3.63) is 84.4 Å². The van der Waals surface area contributed by atoms with Gasteiger partial charge in [-0.2, -0.15) is 10.4 Å². The topological polar surface area (TPSA) is 74.7 Å². The maximum absolute atomic E-state index is 10.1. The van der Waals surface area contributed by atoms with Crippen molar-refractivity contribution in [1.29, 1.82) is 5.26 Å². The van der Waals surface area contributed by atoms with Gasteiger partial charge in [-0.1, -0.05) is 30.3 Å². The number of hydrogen-bond acceptors (Lipinski definition) is 4. The van der Waals surface area contributed by atoms with E-state index in [1.54, 1.807) is 24.7 Å². The van der Waals surface area contributed by atoms with E-state index in [4.69, 9.17) is 0 Å². The molecule has 0 bridgehead atoms. The van der Waals surface area contributed by atoms with E-state index in [-0.39, 0.29) is 5.75 Å². The lowest BCUT2D eigenvalue weighted by atomic mass is 9.85. The van der Waals surface area contributed by atoms with E-state index in [2.05, 4.69) is 40.4 Å². The molecule has 4 aromatic rings. The minimum Gasteiger partial charge on any atom is -0.507 e. The van der Waals surface area contributed by atoms with Crippen molar-refractivity contribution in [3.8, 4) is 39.8 Å². The van der Waals surface area contributed by atoms with Crippen molar-refractivity contribution in [1.82, 2.24) is 14.8 Å². The molecule has 0 aliphatic rings. The van der Waals surface area contributed by atoms with Crippen LogP contribution < -0.4 is 0 Å². The Kier molecular flexibility index (Phi) is 4.85. The minimum absolute atomic E-state index is 0.173. The summed E-state index contributed by atoms with van der Waals surface area (Å²) >= 11 is 0. The van der Waals surface area contributed by atoms with Gasteiger partial charge in [-0.3, -0.25) is 4.98 Å². The summed E-state index contributed by atoms with van der Waals surface area (Å²) in [5.41, 5.74) is 6.00. The first-order chi connectivity index (χ1) is 14.4. The Hall–Kier alpha value is -3.91. The van der Waals surface area contributed by atoms with Crippen molar-refractivity contribution in [2.45, 2.75) is 26.2 Å². The van der Waals surface area contributed by atoms with Crippen LogP contribution in [0.2, 0.25) is 0 Å². The Morgan fingerprint density at radius 1 is 1.00 bits per heavy atom. The monoisotopic (exact) mass is 394 g/mol. The molecule has 5 heteroatoms. The average molecular weight is 394 g/mol. The summed E-state index contributed by atoms with van der Waals surface area (Å²) < 4.78 is 1.81. The van der Waals surface area contributed by atoms with Crippen molar-refractivity contribution >= 4 is 0 Å². The molecule has 2 aromatic carbocycles. The fraction of sp³-hybridized carbons (Fsp3) is 0.160. The van der Waals surface area contributed by atoms with Crippen LogP contribution in [0.3, 0.4) is 0 Å². The summed E-state index contributed by atoms with van der Waals surface area (Å²) in [4.78, 5) is 4.09. The van der Waals surface area contributed by atoms with Crippen LogP contribution in [-0.2, 0) is 5.41 Å². The number of aryl methyl sites for hydroxylation is 1. The first kappa shape index (κ1) is 19.4. The molecule has 0 aliphatic heterocycles. The second-order valence-corrected chi connectivity index (χ2v) is 7.89. The number of aromatic hydroxyl groups is 1. The third-order valence-electron chi connectivity index (χ3n) is 5.34. The summed E-state index contributed by atoms with van der Waals surface area (Å²) in [5.74, 6) is 0.173. The number of nitrogens with zero attached hydrogens (tertiary/aromatic N) is 4. The van der Waals surface area contributed by atoms with E-state index in [9.17, 15) is 10.4 Å². The predicted octanol–water partition coefficient (Wildman–Crippen LogP) is 5.42. The number of aromatic nitrogens is 3. The zero-order valence-corrected chi connectivity index (χ0v) is 17.2. The third-order valence-corrected chi connectivity index (χ3v) is 5.34. The molecule has 0 saturated heterocycles. The molecule has 4 rings (SSSR count). The number of nitriles is 1. The van der Waals surface area contributed by atoms with Crippen LogP contribution in [0.4, 0.5) is 0 Å².